The lowest BCUT2D eigenvalue weighted by atomic mass is 10.0. The van der Waals surface area contributed by atoms with Crippen molar-refractivity contribution in [1.82, 2.24) is 25.4 Å². The largest absolute Gasteiger partial charge is 0.377 e. The van der Waals surface area contributed by atoms with E-state index >= 15 is 0 Å². The van der Waals surface area contributed by atoms with E-state index in [0.29, 0.717) is 77.6 Å². The lowest BCUT2D eigenvalue weighted by Crippen LogP contribution is -2.51. The number of ether oxygens (including phenoxy) is 2. The predicted octanol–water partition coefficient (Wildman–Crippen LogP) is 2.92. The van der Waals surface area contributed by atoms with Crippen LogP contribution in [0.4, 0.5) is 5.00 Å². The van der Waals surface area contributed by atoms with E-state index in [1.54, 1.807) is 28.1 Å². The van der Waals surface area contributed by atoms with E-state index in [-0.39, 0.29) is 30.2 Å². The first kappa shape index (κ1) is 37.4. The summed E-state index contributed by atoms with van der Waals surface area (Å²) in [6.07, 6.45) is 5.94. The number of amides is 4. The molecular formula is C36H46N6O6S. The van der Waals surface area contributed by atoms with Crippen molar-refractivity contribution in [2.45, 2.75) is 19.8 Å². The normalized spacial score (nSPS) is 13.3. The Morgan fingerprint density at radius 3 is 2.45 bits per heavy atom. The number of aromatic nitrogens is 1. The summed E-state index contributed by atoms with van der Waals surface area (Å²) in [4.78, 5) is 61.0. The molecule has 4 amide bonds. The predicted molar refractivity (Wildman–Crippen MR) is 191 cm³/mol. The Hall–Kier alpha value is -4.43. The lowest BCUT2D eigenvalue weighted by Gasteiger charge is -2.33. The fourth-order valence-electron chi connectivity index (χ4n) is 5.11. The summed E-state index contributed by atoms with van der Waals surface area (Å²) >= 11 is 1.49. The number of thiophene rings is 1. The smallest absolute Gasteiger partial charge is 0.252 e. The number of hydrogen-bond donors (Lipinski definition) is 2. The van der Waals surface area contributed by atoms with Gasteiger partial charge in [-0.1, -0.05) is 30.3 Å². The first-order valence-electron chi connectivity index (χ1n) is 16.4. The van der Waals surface area contributed by atoms with Crippen molar-refractivity contribution in [3.8, 4) is 11.3 Å². The Morgan fingerprint density at radius 2 is 1.71 bits per heavy atom. The second-order valence-electron chi connectivity index (χ2n) is 11.8. The number of anilines is 1. The maximum Gasteiger partial charge on any atom is 0.252 e. The SMILES string of the molecule is Cc1cccnc1-c1ccccc1C(=O)NCCOCCOCCNC(=O)CCc1ccc(N2CCN(C(=O)C=CCN(C)C)CC2=O)s1. The van der Waals surface area contributed by atoms with Gasteiger partial charge in [0, 0.05) is 67.4 Å². The molecule has 0 spiro atoms. The molecule has 4 rings (SSSR count). The summed E-state index contributed by atoms with van der Waals surface area (Å²) in [5.74, 6) is -0.522. The third kappa shape index (κ3) is 11.9. The van der Waals surface area contributed by atoms with Gasteiger partial charge in [-0.15, -0.1) is 11.3 Å². The van der Waals surface area contributed by atoms with Gasteiger partial charge in [-0.3, -0.25) is 24.2 Å². The van der Waals surface area contributed by atoms with Crippen molar-refractivity contribution in [3.05, 3.63) is 82.9 Å². The molecule has 3 aromatic rings. The third-order valence-corrected chi connectivity index (χ3v) is 8.85. The fourth-order valence-corrected chi connectivity index (χ4v) is 6.16. The number of piperazine rings is 1. The molecule has 0 radical (unpaired) electrons. The molecule has 0 saturated carbocycles. The minimum Gasteiger partial charge on any atom is -0.377 e. The van der Waals surface area contributed by atoms with E-state index in [1.165, 1.54) is 17.4 Å². The molecule has 1 aromatic carbocycles. The number of hydrogen-bond acceptors (Lipinski definition) is 9. The van der Waals surface area contributed by atoms with Crippen LogP contribution in [-0.4, -0.2) is 118 Å². The molecule has 2 aromatic heterocycles. The van der Waals surface area contributed by atoms with Crippen LogP contribution in [0.15, 0.2) is 66.9 Å². The van der Waals surface area contributed by atoms with Gasteiger partial charge in [-0.25, -0.2) is 0 Å². The number of nitrogens with zero attached hydrogens (tertiary/aromatic N) is 4. The first-order valence-corrected chi connectivity index (χ1v) is 17.2. The van der Waals surface area contributed by atoms with E-state index in [1.807, 2.05) is 68.4 Å². The van der Waals surface area contributed by atoms with Gasteiger partial charge in [-0.05, 0) is 57.3 Å². The van der Waals surface area contributed by atoms with E-state index in [2.05, 4.69) is 15.6 Å². The minimum atomic E-state index is -0.182. The molecule has 2 N–H and O–H groups in total. The van der Waals surface area contributed by atoms with Crippen molar-refractivity contribution in [2.75, 3.05) is 84.7 Å². The molecule has 1 aliphatic heterocycles. The number of aryl methyl sites for hydroxylation is 2. The summed E-state index contributed by atoms with van der Waals surface area (Å²) in [6, 6.07) is 15.1. The van der Waals surface area contributed by atoms with Crippen molar-refractivity contribution in [3.63, 3.8) is 0 Å². The molecule has 1 aliphatic rings. The van der Waals surface area contributed by atoms with Crippen molar-refractivity contribution < 1.29 is 28.7 Å². The average molecular weight is 691 g/mol. The Balaban J connectivity index is 1.03. The van der Waals surface area contributed by atoms with Crippen LogP contribution >= 0.6 is 11.3 Å². The van der Waals surface area contributed by atoms with Crippen LogP contribution in [0, 0.1) is 6.92 Å². The molecule has 262 valence electrons. The Bertz CT molecular complexity index is 1590. The molecule has 3 heterocycles. The molecule has 0 atom stereocenters. The van der Waals surface area contributed by atoms with Crippen molar-refractivity contribution >= 4 is 40.0 Å². The van der Waals surface area contributed by atoms with Crippen LogP contribution in [0.3, 0.4) is 0 Å². The number of carbonyl (C=O) groups excluding carboxylic acids is 4. The highest BCUT2D eigenvalue weighted by molar-refractivity contribution is 7.16. The second kappa shape index (κ2) is 19.5. The number of nitrogens with one attached hydrogen (secondary N) is 2. The van der Waals surface area contributed by atoms with Crippen LogP contribution in [0.2, 0.25) is 0 Å². The summed E-state index contributed by atoms with van der Waals surface area (Å²) in [7, 11) is 3.85. The molecule has 0 unspecified atom stereocenters. The van der Waals surface area contributed by atoms with Gasteiger partial charge < -0.3 is 34.8 Å². The number of pyridine rings is 1. The van der Waals surface area contributed by atoms with E-state index in [9.17, 15) is 19.2 Å². The summed E-state index contributed by atoms with van der Waals surface area (Å²) in [5, 5.41) is 6.59. The van der Waals surface area contributed by atoms with Crippen LogP contribution in [-0.2, 0) is 30.3 Å². The highest BCUT2D eigenvalue weighted by Gasteiger charge is 2.28. The molecule has 0 bridgehead atoms. The second-order valence-corrected chi connectivity index (χ2v) is 12.9. The van der Waals surface area contributed by atoms with Crippen LogP contribution in [0.25, 0.3) is 11.3 Å². The zero-order valence-corrected chi connectivity index (χ0v) is 29.3. The summed E-state index contributed by atoms with van der Waals surface area (Å²) in [5.41, 5.74) is 3.14. The van der Waals surface area contributed by atoms with Gasteiger partial charge in [0.15, 0.2) is 0 Å². The van der Waals surface area contributed by atoms with Crippen molar-refractivity contribution in [2.24, 2.45) is 0 Å². The fraction of sp³-hybridized carbons (Fsp3) is 0.417. The number of likely N-dealkylation sites (N-methyl/N-ethyl adjacent to an activating group) is 1. The minimum absolute atomic E-state index is 0.0518. The zero-order chi connectivity index (χ0) is 35.0. The third-order valence-electron chi connectivity index (χ3n) is 7.68. The van der Waals surface area contributed by atoms with Crippen molar-refractivity contribution in [1.29, 1.82) is 0 Å². The quantitative estimate of drug-likeness (QED) is 0.154. The topological polar surface area (TPSA) is 133 Å². The van der Waals surface area contributed by atoms with Gasteiger partial charge in [0.2, 0.25) is 17.7 Å². The summed E-state index contributed by atoms with van der Waals surface area (Å²) in [6.45, 7) is 5.80. The van der Waals surface area contributed by atoms with Crippen LogP contribution in [0.5, 0.6) is 0 Å². The zero-order valence-electron chi connectivity index (χ0n) is 28.5. The van der Waals surface area contributed by atoms with Crippen LogP contribution in [0.1, 0.15) is 27.2 Å². The van der Waals surface area contributed by atoms with E-state index < -0.39 is 0 Å². The monoisotopic (exact) mass is 690 g/mol. The Morgan fingerprint density at radius 1 is 0.959 bits per heavy atom. The molecular weight excluding hydrogens is 644 g/mol. The standard InChI is InChI=1S/C36H46N6O6S/c1-27-8-6-16-38-35(27)29-9-4-5-10-30(29)36(46)39-18-23-48-25-24-47-22-17-37-31(43)14-12-28-13-15-34(49-28)42-21-20-41(26-33(42)45)32(44)11-7-19-40(2)3/h4-11,13,15-16H,12,14,17-26H2,1-3H3,(H,37,43)(H,39,46). The molecule has 1 fully saturated rings. The Kier molecular flexibility index (Phi) is 14.9. The maximum atomic E-state index is 12.8. The Labute approximate surface area is 292 Å². The van der Waals surface area contributed by atoms with Crippen LogP contribution < -0.4 is 15.5 Å². The molecule has 13 heteroatoms. The molecule has 12 nitrogen and oxygen atoms in total. The van der Waals surface area contributed by atoms with E-state index in [0.717, 1.165) is 26.7 Å². The number of benzene rings is 1. The molecule has 49 heavy (non-hydrogen) atoms. The van der Waals surface area contributed by atoms with Gasteiger partial charge in [0.25, 0.3) is 5.91 Å². The highest BCUT2D eigenvalue weighted by Crippen LogP contribution is 2.28. The van der Waals surface area contributed by atoms with Gasteiger partial charge in [-0.2, -0.15) is 0 Å². The van der Waals surface area contributed by atoms with E-state index in [4.69, 9.17) is 9.47 Å². The summed E-state index contributed by atoms with van der Waals surface area (Å²) < 4.78 is 11.1. The van der Waals surface area contributed by atoms with Gasteiger partial charge >= 0.3 is 0 Å². The highest BCUT2D eigenvalue weighted by atomic mass is 32.1. The van der Waals surface area contributed by atoms with Gasteiger partial charge in [0.1, 0.15) is 6.54 Å². The lowest BCUT2D eigenvalue weighted by molar-refractivity contribution is -0.133. The maximum absolute atomic E-state index is 12.8. The average Bonchev–Trinajstić information content (AvgIpc) is 3.56. The number of carbonyl (C=O) groups is 4. The number of rotatable bonds is 18. The first-order chi connectivity index (χ1) is 23.7. The van der Waals surface area contributed by atoms with Gasteiger partial charge in [0.05, 0.1) is 37.1 Å². The molecule has 1 saturated heterocycles. The molecule has 0 aliphatic carbocycles.